The number of aromatic amines is 1. The maximum atomic E-state index is 14.7. The molecule has 0 saturated heterocycles. The van der Waals surface area contributed by atoms with Crippen LogP contribution in [0.15, 0.2) is 36.9 Å². The Bertz CT molecular complexity index is 1200. The van der Waals surface area contributed by atoms with Crippen molar-refractivity contribution >= 4 is 11.5 Å². The number of aromatic nitrogens is 5. The molecule has 0 radical (unpaired) electrons. The largest absolute Gasteiger partial charge is 0.496 e. The highest BCUT2D eigenvalue weighted by molar-refractivity contribution is 5.73. The summed E-state index contributed by atoms with van der Waals surface area (Å²) in [5, 5.41) is 9.87. The van der Waals surface area contributed by atoms with E-state index in [2.05, 4.69) is 25.5 Å². The van der Waals surface area contributed by atoms with Gasteiger partial charge in [0, 0.05) is 41.7 Å². The van der Waals surface area contributed by atoms with Crippen molar-refractivity contribution in [3.8, 4) is 28.3 Å². The van der Waals surface area contributed by atoms with Crippen LogP contribution in [0.4, 0.5) is 14.6 Å². The molecule has 1 aliphatic rings. The molecular weight excluding hydrogens is 390 g/mol. The van der Waals surface area contributed by atoms with E-state index in [0.29, 0.717) is 17.1 Å². The number of ether oxygens (including phenoxy) is 1. The van der Waals surface area contributed by atoms with Gasteiger partial charge in [-0.3, -0.25) is 9.50 Å². The van der Waals surface area contributed by atoms with Crippen LogP contribution in [0.2, 0.25) is 0 Å². The summed E-state index contributed by atoms with van der Waals surface area (Å²) in [6, 6.07) is 2.79. The van der Waals surface area contributed by atoms with Crippen molar-refractivity contribution in [2.45, 2.75) is 31.7 Å². The lowest BCUT2D eigenvalue weighted by Gasteiger charge is -2.15. The van der Waals surface area contributed by atoms with Crippen LogP contribution < -0.4 is 10.1 Å². The van der Waals surface area contributed by atoms with Crippen LogP contribution in [0, 0.1) is 11.6 Å². The lowest BCUT2D eigenvalue weighted by atomic mass is 10.1. The lowest BCUT2D eigenvalue weighted by Crippen LogP contribution is -2.17. The number of hydrogen-bond acceptors (Lipinski definition) is 5. The zero-order valence-electron chi connectivity index (χ0n) is 16.3. The normalized spacial score (nSPS) is 14.5. The third-order valence-corrected chi connectivity index (χ3v) is 5.51. The molecule has 9 heteroatoms. The van der Waals surface area contributed by atoms with Gasteiger partial charge in [0.1, 0.15) is 17.1 Å². The number of nitrogens with one attached hydrogen (secondary N) is 2. The number of pyridine rings is 2. The van der Waals surface area contributed by atoms with Gasteiger partial charge < -0.3 is 10.1 Å². The monoisotopic (exact) mass is 410 g/mol. The van der Waals surface area contributed by atoms with E-state index >= 15 is 0 Å². The van der Waals surface area contributed by atoms with E-state index in [4.69, 9.17) is 4.74 Å². The van der Waals surface area contributed by atoms with Gasteiger partial charge in [-0.2, -0.15) is 5.10 Å². The highest BCUT2D eigenvalue weighted by atomic mass is 19.1. The Balaban J connectivity index is 1.63. The maximum Gasteiger partial charge on any atom is 0.168 e. The number of anilines is 1. The molecule has 0 bridgehead atoms. The number of hydrogen-bond donors (Lipinski definition) is 2. The van der Waals surface area contributed by atoms with Crippen molar-refractivity contribution in [2.24, 2.45) is 0 Å². The first-order chi connectivity index (χ1) is 14.6. The Morgan fingerprint density at radius 3 is 2.73 bits per heavy atom. The summed E-state index contributed by atoms with van der Waals surface area (Å²) in [5.41, 5.74) is 2.58. The Morgan fingerprint density at radius 2 is 2.00 bits per heavy atom. The van der Waals surface area contributed by atoms with Crippen molar-refractivity contribution in [3.05, 3.63) is 48.6 Å². The van der Waals surface area contributed by atoms with Gasteiger partial charge in [0.2, 0.25) is 0 Å². The summed E-state index contributed by atoms with van der Waals surface area (Å²) in [6.45, 7) is 0. The third kappa shape index (κ3) is 3.16. The number of H-pyrrole nitrogens is 1. The van der Waals surface area contributed by atoms with Crippen LogP contribution in [0.25, 0.3) is 28.2 Å². The summed E-state index contributed by atoms with van der Waals surface area (Å²) < 4.78 is 36.3. The molecule has 2 N–H and O–H groups in total. The molecule has 154 valence electrons. The highest BCUT2D eigenvalue weighted by Crippen LogP contribution is 2.33. The molecule has 0 amide bonds. The van der Waals surface area contributed by atoms with Crippen molar-refractivity contribution in [1.82, 2.24) is 24.6 Å². The Kier molecular flexibility index (Phi) is 4.57. The van der Waals surface area contributed by atoms with Crippen LogP contribution in [0.1, 0.15) is 25.7 Å². The molecule has 0 atom stereocenters. The van der Waals surface area contributed by atoms with Crippen molar-refractivity contribution in [3.63, 3.8) is 0 Å². The lowest BCUT2D eigenvalue weighted by molar-refractivity contribution is 0.416. The van der Waals surface area contributed by atoms with Crippen LogP contribution in [-0.4, -0.2) is 37.7 Å². The van der Waals surface area contributed by atoms with Gasteiger partial charge in [-0.05, 0) is 12.8 Å². The fourth-order valence-electron chi connectivity index (χ4n) is 3.98. The van der Waals surface area contributed by atoms with E-state index in [1.165, 1.54) is 6.20 Å². The molecule has 1 fully saturated rings. The van der Waals surface area contributed by atoms with Gasteiger partial charge in [0.15, 0.2) is 17.5 Å². The van der Waals surface area contributed by atoms with Gasteiger partial charge >= 0.3 is 0 Å². The molecule has 5 rings (SSSR count). The Labute approximate surface area is 171 Å². The minimum atomic E-state index is -0.744. The molecule has 7 nitrogen and oxygen atoms in total. The first-order valence-electron chi connectivity index (χ1n) is 9.81. The predicted octanol–water partition coefficient (Wildman–Crippen LogP) is 4.43. The number of methoxy groups -OCH3 is 1. The summed E-state index contributed by atoms with van der Waals surface area (Å²) >= 11 is 0. The number of imidazole rings is 1. The summed E-state index contributed by atoms with van der Waals surface area (Å²) in [7, 11) is 1.57. The minimum absolute atomic E-state index is 0.0349. The van der Waals surface area contributed by atoms with E-state index in [1.807, 2.05) is 0 Å². The fraction of sp³-hybridized carbons (Fsp3) is 0.286. The van der Waals surface area contributed by atoms with Gasteiger partial charge in [-0.15, -0.1) is 0 Å². The summed E-state index contributed by atoms with van der Waals surface area (Å²) in [4.78, 5) is 8.65. The SMILES string of the molecule is COc1cc2ncc(-c3nc(NC4CCCC4)c(F)cc3F)n2cc1-c1cn[nH]c1. The topological polar surface area (TPSA) is 80.1 Å². The molecule has 0 aromatic carbocycles. The van der Waals surface area contributed by atoms with Crippen molar-refractivity contribution in [2.75, 3.05) is 12.4 Å². The molecule has 4 aromatic heterocycles. The van der Waals surface area contributed by atoms with Crippen molar-refractivity contribution < 1.29 is 13.5 Å². The van der Waals surface area contributed by atoms with Crippen molar-refractivity contribution in [1.29, 1.82) is 0 Å². The molecule has 0 unspecified atom stereocenters. The number of rotatable bonds is 5. The molecule has 0 spiro atoms. The van der Waals surface area contributed by atoms with Gasteiger partial charge in [-0.1, -0.05) is 12.8 Å². The van der Waals surface area contributed by atoms with E-state index in [-0.39, 0.29) is 17.6 Å². The summed E-state index contributed by atoms with van der Waals surface area (Å²) in [5.74, 6) is -0.765. The number of fused-ring (bicyclic) bond motifs is 1. The number of halogens is 2. The maximum absolute atomic E-state index is 14.7. The molecule has 1 saturated carbocycles. The number of nitrogens with zero attached hydrogens (tertiary/aromatic N) is 4. The van der Waals surface area contributed by atoms with E-state index < -0.39 is 11.6 Å². The van der Waals surface area contributed by atoms with Crippen LogP contribution >= 0.6 is 0 Å². The highest BCUT2D eigenvalue weighted by Gasteiger charge is 2.21. The molecule has 0 aliphatic heterocycles. The summed E-state index contributed by atoms with van der Waals surface area (Å²) in [6.07, 6.45) is 10.8. The third-order valence-electron chi connectivity index (χ3n) is 5.51. The average Bonchev–Trinajstić information content (AvgIpc) is 3.51. The second-order valence-corrected chi connectivity index (χ2v) is 7.39. The zero-order valence-corrected chi connectivity index (χ0v) is 16.3. The van der Waals surface area contributed by atoms with Gasteiger partial charge in [-0.25, -0.2) is 18.7 Å². The molecule has 4 heterocycles. The zero-order chi connectivity index (χ0) is 20.7. The standard InChI is InChI=1S/C21H20F2N6O/c1-30-18-7-19-24-10-17(29(19)11-14(18)12-8-25-26-9-12)20-15(22)6-16(23)21(28-20)27-13-4-2-3-5-13/h6-11,13H,2-5H2,1H3,(H,25,26)(H,27,28). The Morgan fingerprint density at radius 1 is 1.17 bits per heavy atom. The Hall–Kier alpha value is -3.49. The van der Waals surface area contributed by atoms with Gasteiger partial charge in [0.05, 0.1) is 25.2 Å². The minimum Gasteiger partial charge on any atom is -0.496 e. The van der Waals surface area contributed by atoms with Crippen LogP contribution in [-0.2, 0) is 0 Å². The first-order valence-corrected chi connectivity index (χ1v) is 9.81. The molecular formula is C21H20F2N6O. The van der Waals surface area contributed by atoms with Gasteiger partial charge in [0.25, 0.3) is 0 Å². The van der Waals surface area contributed by atoms with E-state index in [9.17, 15) is 8.78 Å². The second-order valence-electron chi connectivity index (χ2n) is 7.39. The molecule has 4 aromatic rings. The second kappa shape index (κ2) is 7.40. The van der Waals surface area contributed by atoms with E-state index in [1.54, 1.807) is 36.2 Å². The van der Waals surface area contributed by atoms with Crippen LogP contribution in [0.5, 0.6) is 5.75 Å². The molecule has 30 heavy (non-hydrogen) atoms. The fourth-order valence-corrected chi connectivity index (χ4v) is 3.98. The first kappa shape index (κ1) is 18.5. The average molecular weight is 410 g/mol. The van der Waals surface area contributed by atoms with E-state index in [0.717, 1.165) is 42.9 Å². The smallest absolute Gasteiger partial charge is 0.168 e. The molecule has 1 aliphatic carbocycles. The quantitative estimate of drug-likeness (QED) is 0.509. The predicted molar refractivity (Wildman–Crippen MR) is 108 cm³/mol. The van der Waals surface area contributed by atoms with Crippen LogP contribution in [0.3, 0.4) is 0 Å².